The number of rotatable bonds is 3. The van der Waals surface area contributed by atoms with E-state index >= 15 is 0 Å². The lowest BCUT2D eigenvalue weighted by atomic mass is 9.94. The third-order valence-electron chi connectivity index (χ3n) is 4.99. The summed E-state index contributed by atoms with van der Waals surface area (Å²) in [4.78, 5) is 30.4. The van der Waals surface area contributed by atoms with Crippen molar-refractivity contribution in [1.29, 1.82) is 0 Å². The summed E-state index contributed by atoms with van der Waals surface area (Å²) in [5.41, 5.74) is 0.728. The Hall–Kier alpha value is -1.43. The summed E-state index contributed by atoms with van der Waals surface area (Å²) < 4.78 is 0. The molecule has 1 aromatic heterocycles. The minimum atomic E-state index is -0.860. The third-order valence-corrected chi connectivity index (χ3v) is 6.31. The van der Waals surface area contributed by atoms with E-state index in [2.05, 4.69) is 25.8 Å². The lowest BCUT2D eigenvalue weighted by Gasteiger charge is -2.24. The monoisotopic (exact) mass is 336 g/mol. The molecule has 3 unspecified atom stereocenters. The maximum absolute atomic E-state index is 12.6. The highest BCUT2D eigenvalue weighted by atomic mass is 32.1. The van der Waals surface area contributed by atoms with Crippen molar-refractivity contribution < 1.29 is 14.7 Å². The minimum absolute atomic E-state index is 0.0275. The number of amides is 1. The minimum Gasteiger partial charge on any atom is -0.480 e. The van der Waals surface area contributed by atoms with E-state index in [0.29, 0.717) is 12.5 Å². The van der Waals surface area contributed by atoms with Gasteiger partial charge in [-0.2, -0.15) is 0 Å². The molecule has 2 fully saturated rings. The van der Waals surface area contributed by atoms with Crippen LogP contribution in [0.4, 0.5) is 0 Å². The van der Waals surface area contributed by atoms with Crippen molar-refractivity contribution in [2.75, 3.05) is 6.54 Å². The number of aliphatic carboxylic acids is 1. The zero-order chi connectivity index (χ0) is 16.8. The van der Waals surface area contributed by atoms with Crippen LogP contribution in [-0.2, 0) is 21.4 Å². The average molecular weight is 336 g/mol. The molecule has 23 heavy (non-hydrogen) atoms. The van der Waals surface area contributed by atoms with Crippen molar-refractivity contribution in [3.05, 3.63) is 16.1 Å². The van der Waals surface area contributed by atoms with Crippen LogP contribution in [0.5, 0.6) is 0 Å². The number of carboxylic acids is 1. The molecule has 1 N–H and O–H groups in total. The number of hydrogen-bond acceptors (Lipinski definition) is 4. The second-order valence-corrected chi connectivity index (χ2v) is 8.61. The zero-order valence-electron chi connectivity index (χ0n) is 13.9. The number of nitrogens with zero attached hydrogens (tertiary/aromatic N) is 2. The Balaban J connectivity index is 1.73. The third kappa shape index (κ3) is 3.13. The van der Waals surface area contributed by atoms with Gasteiger partial charge in [-0.15, -0.1) is 11.3 Å². The maximum atomic E-state index is 12.6. The van der Waals surface area contributed by atoms with Gasteiger partial charge in [-0.05, 0) is 24.7 Å². The van der Waals surface area contributed by atoms with Crippen LogP contribution < -0.4 is 0 Å². The van der Waals surface area contributed by atoms with Crippen LogP contribution in [0.15, 0.2) is 5.38 Å². The molecule has 1 aromatic rings. The normalized spacial score (nSPS) is 27.3. The molecule has 0 aromatic carbocycles. The van der Waals surface area contributed by atoms with Crippen molar-refractivity contribution in [2.24, 2.45) is 11.8 Å². The summed E-state index contributed by atoms with van der Waals surface area (Å²) in [7, 11) is 0. The number of hydrogen-bond donors (Lipinski definition) is 1. The Morgan fingerprint density at radius 2 is 2.13 bits per heavy atom. The van der Waals surface area contributed by atoms with Crippen LogP contribution in [-0.4, -0.2) is 39.5 Å². The van der Waals surface area contributed by atoms with Gasteiger partial charge in [0.05, 0.1) is 17.1 Å². The maximum Gasteiger partial charge on any atom is 0.326 e. The van der Waals surface area contributed by atoms with Crippen LogP contribution in [0.25, 0.3) is 0 Å². The van der Waals surface area contributed by atoms with Crippen LogP contribution in [0, 0.1) is 11.8 Å². The van der Waals surface area contributed by atoms with Gasteiger partial charge < -0.3 is 10.0 Å². The quantitative estimate of drug-likeness (QED) is 0.921. The number of fused-ring (bicyclic) bond motifs is 1. The second kappa shape index (κ2) is 5.89. The summed E-state index contributed by atoms with van der Waals surface area (Å²) in [6.45, 7) is 6.88. The number of carbonyl (C=O) groups excluding carboxylic acids is 1. The Labute approximate surface area is 140 Å². The molecule has 0 bridgehead atoms. The van der Waals surface area contributed by atoms with Crippen molar-refractivity contribution in [3.8, 4) is 0 Å². The van der Waals surface area contributed by atoms with Gasteiger partial charge in [0, 0.05) is 17.3 Å². The van der Waals surface area contributed by atoms with Crippen LogP contribution in [0.3, 0.4) is 0 Å². The fourth-order valence-electron chi connectivity index (χ4n) is 3.87. The molecule has 1 aliphatic carbocycles. The van der Waals surface area contributed by atoms with Gasteiger partial charge in [0.2, 0.25) is 5.91 Å². The first-order valence-corrected chi connectivity index (χ1v) is 9.12. The van der Waals surface area contributed by atoms with E-state index in [1.807, 2.05) is 5.38 Å². The van der Waals surface area contributed by atoms with E-state index in [0.717, 1.165) is 30.0 Å². The number of carboxylic acid groups (broad SMARTS) is 1. The first-order valence-electron chi connectivity index (χ1n) is 8.24. The smallest absolute Gasteiger partial charge is 0.326 e. The fraction of sp³-hybridized carbons (Fsp3) is 0.706. The molecular weight excluding hydrogens is 312 g/mol. The molecule has 5 nitrogen and oxygen atoms in total. The molecule has 3 rings (SSSR count). The predicted octanol–water partition coefficient (Wildman–Crippen LogP) is 2.69. The number of carbonyl (C=O) groups is 2. The molecule has 3 atom stereocenters. The van der Waals surface area contributed by atoms with E-state index in [-0.39, 0.29) is 23.7 Å². The Morgan fingerprint density at radius 3 is 2.74 bits per heavy atom. The highest BCUT2D eigenvalue weighted by molar-refractivity contribution is 7.09. The molecule has 0 spiro atoms. The van der Waals surface area contributed by atoms with Crippen LogP contribution in [0.2, 0.25) is 0 Å². The van der Waals surface area contributed by atoms with Gasteiger partial charge in [-0.1, -0.05) is 27.2 Å². The molecule has 1 aliphatic heterocycles. The van der Waals surface area contributed by atoms with Crippen molar-refractivity contribution in [1.82, 2.24) is 9.88 Å². The summed E-state index contributed by atoms with van der Waals surface area (Å²) in [6, 6.07) is -0.643. The highest BCUT2D eigenvalue weighted by Crippen LogP contribution is 2.42. The van der Waals surface area contributed by atoms with Gasteiger partial charge in [-0.3, -0.25) is 4.79 Å². The number of thiazole rings is 1. The zero-order valence-corrected chi connectivity index (χ0v) is 14.7. The van der Waals surface area contributed by atoms with E-state index in [1.54, 1.807) is 16.2 Å². The SMILES string of the molecule is CC(C)(C)c1nc(CC(=O)N2CC3CCCC3C2C(=O)O)cs1. The van der Waals surface area contributed by atoms with Crippen LogP contribution >= 0.6 is 11.3 Å². The summed E-state index contributed by atoms with van der Waals surface area (Å²) in [6.07, 6.45) is 3.26. The topological polar surface area (TPSA) is 70.5 Å². The summed E-state index contributed by atoms with van der Waals surface area (Å²) >= 11 is 1.57. The fourth-order valence-corrected chi connectivity index (χ4v) is 4.77. The Bertz CT molecular complexity index is 620. The standard InChI is InChI=1S/C17H24N2O3S/c1-17(2,3)16-18-11(9-23-16)7-13(20)19-8-10-5-4-6-12(10)14(19)15(21)22/h9-10,12,14H,4-8H2,1-3H3,(H,21,22). The second-order valence-electron chi connectivity index (χ2n) is 7.75. The molecule has 126 valence electrons. The molecule has 2 aliphatic rings. The molecular formula is C17H24N2O3S. The summed E-state index contributed by atoms with van der Waals surface area (Å²) in [5, 5.41) is 12.5. The predicted molar refractivity (Wildman–Crippen MR) is 88.5 cm³/mol. The van der Waals surface area contributed by atoms with Gasteiger partial charge in [0.25, 0.3) is 0 Å². The lowest BCUT2D eigenvalue weighted by Crippen LogP contribution is -2.44. The van der Waals surface area contributed by atoms with Crippen molar-refractivity contribution >= 4 is 23.2 Å². The molecule has 0 radical (unpaired) electrons. The van der Waals surface area contributed by atoms with Gasteiger partial charge in [0.15, 0.2) is 0 Å². The first kappa shape index (κ1) is 16.4. The van der Waals surface area contributed by atoms with E-state index in [9.17, 15) is 14.7 Å². The van der Waals surface area contributed by atoms with E-state index < -0.39 is 12.0 Å². The number of aromatic nitrogens is 1. The largest absolute Gasteiger partial charge is 0.480 e. The first-order chi connectivity index (χ1) is 10.8. The van der Waals surface area contributed by atoms with Crippen LogP contribution in [0.1, 0.15) is 50.7 Å². The van der Waals surface area contributed by atoms with E-state index in [4.69, 9.17) is 0 Å². The molecule has 6 heteroatoms. The molecule has 2 heterocycles. The lowest BCUT2D eigenvalue weighted by molar-refractivity contribution is -0.149. The molecule has 1 amide bonds. The van der Waals surface area contributed by atoms with Gasteiger partial charge >= 0.3 is 5.97 Å². The number of likely N-dealkylation sites (tertiary alicyclic amines) is 1. The van der Waals surface area contributed by atoms with E-state index in [1.165, 1.54) is 0 Å². The van der Waals surface area contributed by atoms with Gasteiger partial charge in [-0.25, -0.2) is 9.78 Å². The Morgan fingerprint density at radius 1 is 1.39 bits per heavy atom. The van der Waals surface area contributed by atoms with Crippen molar-refractivity contribution in [3.63, 3.8) is 0 Å². The van der Waals surface area contributed by atoms with Crippen molar-refractivity contribution in [2.45, 2.75) is 57.9 Å². The molecule has 1 saturated carbocycles. The Kier molecular flexibility index (Phi) is 4.21. The summed E-state index contributed by atoms with van der Waals surface area (Å²) in [5.74, 6) is -0.461. The average Bonchev–Trinajstić information content (AvgIpc) is 3.10. The highest BCUT2D eigenvalue weighted by Gasteiger charge is 2.49. The van der Waals surface area contributed by atoms with Gasteiger partial charge in [0.1, 0.15) is 6.04 Å². The molecule has 1 saturated heterocycles.